The molecule has 2 saturated heterocycles. The summed E-state index contributed by atoms with van der Waals surface area (Å²) in [6.07, 6.45) is -9.77. The predicted molar refractivity (Wildman–Crippen MR) is 395 cm³/mol. The summed E-state index contributed by atoms with van der Waals surface area (Å²) in [5.41, 5.74) is -9.88. The van der Waals surface area contributed by atoms with Crippen LogP contribution in [0.3, 0.4) is 0 Å². The highest BCUT2D eigenvalue weighted by Gasteiger charge is 2.34. The van der Waals surface area contributed by atoms with Crippen molar-refractivity contribution < 1.29 is 93.1 Å². The third-order valence-corrected chi connectivity index (χ3v) is 18.7. The predicted octanol–water partition coefficient (Wildman–Crippen LogP) is 17.4. The summed E-state index contributed by atoms with van der Waals surface area (Å²) in [6.45, 7) is -15.8. The van der Waals surface area contributed by atoms with Crippen LogP contribution in [0.4, 0.5) is 43.9 Å². The zero-order chi connectivity index (χ0) is 94.9. The lowest BCUT2D eigenvalue weighted by Gasteiger charge is -2.39. The van der Waals surface area contributed by atoms with Gasteiger partial charge in [-0.25, -0.2) is 17.6 Å². The fourth-order valence-corrected chi connectivity index (χ4v) is 13.1. The van der Waals surface area contributed by atoms with Gasteiger partial charge in [0.1, 0.15) is 13.0 Å². The van der Waals surface area contributed by atoms with Crippen molar-refractivity contribution in [1.82, 2.24) is 28.7 Å². The monoisotopic (exact) mass is 1520 g/mol. The lowest BCUT2D eigenvalue weighted by Crippen LogP contribution is -2.48. The number of thioether (sulfide) groups is 2. The van der Waals surface area contributed by atoms with Crippen LogP contribution in [0.2, 0.25) is 0 Å². The molecule has 0 saturated carbocycles. The minimum absolute atomic E-state index is 0.0601. The van der Waals surface area contributed by atoms with Gasteiger partial charge >= 0.3 is 12.4 Å². The van der Waals surface area contributed by atoms with Gasteiger partial charge in [-0.3, -0.25) is 19.2 Å². The van der Waals surface area contributed by atoms with E-state index in [1.807, 2.05) is 0 Å². The number of rotatable bonds is 24. The van der Waals surface area contributed by atoms with Crippen LogP contribution in [0.15, 0.2) is 201 Å². The Balaban J connectivity index is 0.000000248. The number of likely N-dealkylation sites (tertiary alicyclic amines) is 2. The van der Waals surface area contributed by atoms with Gasteiger partial charge in [0.05, 0.1) is 67.4 Å². The van der Waals surface area contributed by atoms with E-state index in [0.717, 1.165) is 42.5 Å². The molecule has 0 radical (unpaired) electrons. The molecule has 4 heterocycles. The van der Waals surface area contributed by atoms with E-state index in [1.54, 1.807) is 0 Å². The molecular weight excluding hydrogens is 1420 g/mol. The molecule has 0 bridgehead atoms. The fourth-order valence-electron chi connectivity index (χ4n) is 11.4. The minimum Gasteiger partial charge on any atom is -0.383 e. The quantitative estimate of drug-likeness (QED) is 0.0428. The Morgan fingerprint density at radius 1 is 0.509 bits per heavy atom. The summed E-state index contributed by atoms with van der Waals surface area (Å²) in [5.74, 6) is -9.55. The maximum atomic E-state index is 15.3. The van der Waals surface area contributed by atoms with Crippen molar-refractivity contribution in [2.24, 2.45) is 0 Å². The number of carbonyl (C=O) groups excluding carboxylic acids is 2. The molecular formula is C82H80F10N6O6S2. The van der Waals surface area contributed by atoms with Crippen LogP contribution in [0.5, 0.6) is 0 Å². The SMILES string of the molecule is [2H]c1c(C)c([2H])c2c(=O)c([2H])c(SC([2H])([2H])c3cccc(F)c3F)n(C([2H])([2H])C(=O)N(C3CCN(C([2H])([2H])COC)CC3)C([2H])([2H])c3ccc(-c4ccc(C(F)(F)F)cc4)cc3)c2c1[2H].[2H]c1c(C)c([2H])c2c(=O)c([2H])c(SCc3cccc(F)c3F)n(C([2H])([2H])C(=O)N(C3CCN(C([2H])([2H])COC)CC3)C([2H])([2H])c3ccc(-c4ccc(C(F)(F)F)cc4)cc3)c2c1[2H]. The summed E-state index contributed by atoms with van der Waals surface area (Å²) in [5, 5.41) is -3.23. The Hall–Kier alpha value is -9.04. The molecule has 2 aliphatic rings. The molecule has 0 N–H and O–H groups in total. The number of pyridine rings is 2. The molecule has 10 aromatic rings. The van der Waals surface area contributed by atoms with E-state index in [4.69, 9.17) is 28.7 Å². The van der Waals surface area contributed by atoms with E-state index in [-0.39, 0.29) is 109 Å². The molecule has 12 rings (SSSR count). The summed E-state index contributed by atoms with van der Waals surface area (Å²) in [4.78, 5) is 62.3. The topological polar surface area (TPSA) is 110 Å². The maximum absolute atomic E-state index is 15.3. The largest absolute Gasteiger partial charge is 0.416 e. The van der Waals surface area contributed by atoms with Crippen molar-refractivity contribution in [2.75, 3.05) is 66.6 Å². The van der Waals surface area contributed by atoms with Gasteiger partial charge in [0, 0.05) is 132 Å². The maximum Gasteiger partial charge on any atom is 0.416 e. The van der Waals surface area contributed by atoms with Crippen molar-refractivity contribution >= 4 is 57.1 Å². The second kappa shape index (κ2) is 35.1. The van der Waals surface area contributed by atoms with Crippen LogP contribution in [0.25, 0.3) is 44.1 Å². The van der Waals surface area contributed by atoms with Gasteiger partial charge in [0.2, 0.25) is 11.8 Å². The number of fused-ring (bicyclic) bond motifs is 2. The molecule has 24 heteroatoms. The van der Waals surface area contributed by atoms with Crippen LogP contribution in [-0.2, 0) is 68.9 Å². The molecule has 0 aliphatic carbocycles. The minimum atomic E-state index is -4.61. The Kier molecular flexibility index (Phi) is 17.8. The molecule has 556 valence electrons. The van der Waals surface area contributed by atoms with Crippen molar-refractivity contribution in [3.63, 3.8) is 0 Å². The second-order valence-corrected chi connectivity index (χ2v) is 25.9. The van der Waals surface area contributed by atoms with Crippen LogP contribution in [0.1, 0.15) is 100 Å². The first kappa shape index (κ1) is 53.7. The highest BCUT2D eigenvalue weighted by molar-refractivity contribution is 7.98. The normalized spacial score (nSPS) is 18.1. The molecule has 12 nitrogen and oxygen atoms in total. The Morgan fingerprint density at radius 3 is 1.26 bits per heavy atom. The van der Waals surface area contributed by atoms with E-state index in [1.165, 1.54) is 123 Å². The second-order valence-electron chi connectivity index (χ2n) is 24.2. The van der Waals surface area contributed by atoms with E-state index >= 15 is 14.0 Å². The van der Waals surface area contributed by atoms with Gasteiger partial charge in [0.25, 0.3) is 0 Å². The number of aromatic nitrogens is 2. The van der Waals surface area contributed by atoms with E-state index in [9.17, 15) is 60.1 Å². The molecule has 2 aliphatic heterocycles. The number of benzene rings is 8. The fraction of sp³-hybridized carbons (Fsp3) is 0.317. The number of hydrogen-bond donors (Lipinski definition) is 0. The molecule has 2 aromatic heterocycles. The van der Waals surface area contributed by atoms with Gasteiger partial charge in [-0.2, -0.15) is 26.3 Å². The molecule has 0 unspecified atom stereocenters. The number of piperidine rings is 2. The average molecular weight is 1520 g/mol. The molecule has 2 amide bonds. The smallest absolute Gasteiger partial charge is 0.383 e. The number of alkyl halides is 6. The van der Waals surface area contributed by atoms with Crippen molar-refractivity contribution in [3.05, 3.63) is 270 Å². The number of amides is 2. The highest BCUT2D eigenvalue weighted by Crippen LogP contribution is 2.36. The number of nitrogens with zero attached hydrogens (tertiary/aromatic N) is 6. The summed E-state index contributed by atoms with van der Waals surface area (Å²) in [6, 6.07) is 15.5. The zero-order valence-electron chi connectivity index (χ0n) is 78.9. The Bertz CT molecular complexity index is 6030. The molecule has 2 fully saturated rings. The van der Waals surface area contributed by atoms with Crippen LogP contribution >= 0.6 is 23.5 Å². The molecule has 0 spiro atoms. The lowest BCUT2D eigenvalue weighted by atomic mass is 10.00. The average Bonchev–Trinajstić information content (AvgIpc) is 0.719. The summed E-state index contributed by atoms with van der Waals surface area (Å²) >= 11 is 0.247. The first-order valence-corrected chi connectivity index (χ1v) is 34.5. The van der Waals surface area contributed by atoms with E-state index < -0.39 is 218 Å². The standard InChI is InChI=1S/2C41H40F5N3O3S/c2*1-27-6-15-36-34(22-27)37(50)23-39(53-26-31-4-3-5-35(42)40(31)43)49(36)25-38(51)48(33-16-18-47(19-17-33)20-21-52-2)24-28-7-9-29(10-8-28)30-11-13-32(14-12-30)41(44,45)46/h2*3-15,22-23,33H,16-21,24-26H2,1-2H3/i6D,15D,20D2,22D,23D,24D2,25D2,26D2;6D,15D,20D2,22D,23D,24D2,25D2. The van der Waals surface area contributed by atoms with Crippen molar-refractivity contribution in [2.45, 2.75) is 111 Å². The van der Waals surface area contributed by atoms with Crippen molar-refractivity contribution in [3.8, 4) is 22.3 Å². The third-order valence-electron chi connectivity index (χ3n) is 16.9. The number of hydrogen-bond acceptors (Lipinski definition) is 10. The van der Waals surface area contributed by atoms with Gasteiger partial charge < -0.3 is 38.2 Å². The van der Waals surface area contributed by atoms with E-state index in [2.05, 4.69) is 0 Å². The Labute approximate surface area is 647 Å². The molecule has 8 aromatic carbocycles. The van der Waals surface area contributed by atoms with Gasteiger partial charge in [-0.1, -0.05) is 120 Å². The van der Waals surface area contributed by atoms with Gasteiger partial charge in [-0.15, -0.1) is 23.5 Å². The van der Waals surface area contributed by atoms with Gasteiger partial charge in [-0.05, 0) is 133 Å². The van der Waals surface area contributed by atoms with Gasteiger partial charge in [0.15, 0.2) is 34.1 Å². The first-order valence-electron chi connectivity index (χ1n) is 43.7. The molecule has 106 heavy (non-hydrogen) atoms. The van der Waals surface area contributed by atoms with Crippen LogP contribution in [0, 0.1) is 37.1 Å². The summed E-state index contributed by atoms with van der Waals surface area (Å²) in [7, 11) is 2.60. The number of carbonyl (C=O) groups is 2. The third kappa shape index (κ3) is 19.6. The van der Waals surface area contributed by atoms with E-state index in [0.29, 0.717) is 54.4 Å². The highest BCUT2D eigenvalue weighted by atomic mass is 32.2. The first-order chi connectivity index (χ1) is 59.4. The van der Waals surface area contributed by atoms with Crippen LogP contribution < -0.4 is 10.9 Å². The zero-order valence-corrected chi connectivity index (χ0v) is 58.5. The Morgan fingerprint density at radius 2 is 0.877 bits per heavy atom. The number of halogens is 10. The summed E-state index contributed by atoms with van der Waals surface area (Å²) < 4.78 is 347. The number of methoxy groups -OCH3 is 2. The molecule has 0 atom stereocenters. The van der Waals surface area contributed by atoms with Crippen LogP contribution in [-0.4, -0.2) is 119 Å². The lowest BCUT2D eigenvalue weighted by molar-refractivity contribution is -0.138. The number of ether oxygens (including phenoxy) is 2. The van der Waals surface area contributed by atoms with Crippen molar-refractivity contribution in [1.29, 1.82) is 0 Å².